The number of aromatic nitrogens is 4. The fraction of sp³-hybridized carbons (Fsp3) is 0.367. The molecule has 4 heterocycles. The third-order valence-electron chi connectivity index (χ3n) is 7.58. The lowest BCUT2D eigenvalue weighted by Crippen LogP contribution is -2.45. The van der Waals surface area contributed by atoms with E-state index in [4.69, 9.17) is 14.5 Å². The van der Waals surface area contributed by atoms with Gasteiger partial charge in [0.05, 0.1) is 18.8 Å². The quantitative estimate of drug-likeness (QED) is 0.368. The molecule has 210 valence electrons. The molecule has 2 N–H and O–H groups in total. The zero-order valence-corrected chi connectivity index (χ0v) is 22.8. The van der Waals surface area contributed by atoms with Crippen molar-refractivity contribution in [3.63, 3.8) is 0 Å². The van der Waals surface area contributed by atoms with E-state index >= 15 is 0 Å². The van der Waals surface area contributed by atoms with Crippen molar-refractivity contribution in [1.82, 2.24) is 24.8 Å². The van der Waals surface area contributed by atoms with Crippen LogP contribution in [0.5, 0.6) is 5.75 Å². The van der Waals surface area contributed by atoms with Gasteiger partial charge in [-0.25, -0.2) is 15.0 Å². The number of nitrogens with one attached hydrogen (secondary N) is 1. The van der Waals surface area contributed by atoms with Gasteiger partial charge in [0.15, 0.2) is 5.65 Å². The van der Waals surface area contributed by atoms with Crippen LogP contribution in [0.3, 0.4) is 0 Å². The number of anilines is 1. The average molecular weight is 554 g/mol. The largest absolute Gasteiger partial charge is 0.489 e. The van der Waals surface area contributed by atoms with Gasteiger partial charge in [0, 0.05) is 55.8 Å². The van der Waals surface area contributed by atoms with E-state index in [9.17, 15) is 15.2 Å². The number of ether oxygens (including phenoxy) is 2. The van der Waals surface area contributed by atoms with Gasteiger partial charge < -0.3 is 29.4 Å². The fourth-order valence-corrected chi connectivity index (χ4v) is 5.33. The molecule has 0 spiro atoms. The Labute approximate surface area is 237 Å². The molecule has 11 heteroatoms. The second-order valence-electron chi connectivity index (χ2n) is 10.3. The summed E-state index contributed by atoms with van der Waals surface area (Å²) in [6.45, 7) is 5.71. The molecule has 1 amide bonds. The van der Waals surface area contributed by atoms with E-state index in [2.05, 4.69) is 38.1 Å². The summed E-state index contributed by atoms with van der Waals surface area (Å²) in [5, 5.41) is 19.5. The molecule has 2 aliphatic rings. The minimum Gasteiger partial charge on any atom is -0.489 e. The molecule has 0 aliphatic carbocycles. The Morgan fingerprint density at radius 1 is 1.10 bits per heavy atom. The molecular formula is C30H31N7O4. The number of nitrogens with zero attached hydrogens (tertiary/aromatic N) is 6. The maximum atomic E-state index is 12.1. The Balaban J connectivity index is 1.21. The molecule has 0 bridgehead atoms. The highest BCUT2D eigenvalue weighted by molar-refractivity contribution is 5.89. The summed E-state index contributed by atoms with van der Waals surface area (Å²) >= 11 is 0. The van der Waals surface area contributed by atoms with Crippen LogP contribution < -0.4 is 9.64 Å². The van der Waals surface area contributed by atoms with Gasteiger partial charge in [0.25, 0.3) is 5.91 Å². The summed E-state index contributed by atoms with van der Waals surface area (Å²) in [5.41, 5.74) is 5.07. The van der Waals surface area contributed by atoms with Gasteiger partial charge in [-0.1, -0.05) is 0 Å². The van der Waals surface area contributed by atoms with E-state index in [1.807, 2.05) is 18.2 Å². The van der Waals surface area contributed by atoms with Crippen molar-refractivity contribution in [1.29, 1.82) is 5.26 Å². The number of H-pyrrole nitrogens is 1. The van der Waals surface area contributed by atoms with Crippen LogP contribution in [0.2, 0.25) is 0 Å². The topological polar surface area (TPSA) is 140 Å². The molecule has 2 aliphatic heterocycles. The minimum atomic E-state index is -1.01. The molecule has 2 saturated heterocycles. The Morgan fingerprint density at radius 3 is 2.54 bits per heavy atom. The number of hydrogen-bond acceptors (Lipinski definition) is 9. The van der Waals surface area contributed by atoms with E-state index < -0.39 is 6.10 Å². The Kier molecular flexibility index (Phi) is 7.50. The number of carbonyl (C=O) groups excluding carboxylic acids is 1. The van der Waals surface area contributed by atoms with Crippen molar-refractivity contribution in [2.75, 3.05) is 44.3 Å². The number of aliphatic hydroxyl groups is 1. The van der Waals surface area contributed by atoms with Crippen molar-refractivity contribution in [2.45, 2.75) is 32.0 Å². The average Bonchev–Trinajstić information content (AvgIpc) is 3.46. The molecule has 4 aromatic rings. The second kappa shape index (κ2) is 11.5. The number of fused-ring (bicyclic) bond motifs is 1. The highest BCUT2D eigenvalue weighted by Crippen LogP contribution is 2.32. The number of aromatic amines is 1. The van der Waals surface area contributed by atoms with Gasteiger partial charge in [-0.15, -0.1) is 0 Å². The summed E-state index contributed by atoms with van der Waals surface area (Å²) in [6.07, 6.45) is 1.60. The summed E-state index contributed by atoms with van der Waals surface area (Å²) in [5.74, 6) is 0.911. The lowest BCUT2D eigenvalue weighted by Gasteiger charge is -2.33. The fourth-order valence-electron chi connectivity index (χ4n) is 5.33. The molecule has 0 saturated carbocycles. The Morgan fingerprint density at radius 2 is 1.83 bits per heavy atom. The maximum Gasteiger partial charge on any atom is 0.251 e. The number of piperidine rings is 1. The number of imidazole rings is 1. The molecule has 2 fully saturated rings. The maximum absolute atomic E-state index is 12.1. The van der Waals surface area contributed by atoms with E-state index in [1.165, 1.54) is 13.3 Å². The number of likely N-dealkylation sites (tertiary alicyclic amines) is 1. The van der Waals surface area contributed by atoms with Gasteiger partial charge in [-0.3, -0.25) is 4.79 Å². The third kappa shape index (κ3) is 5.57. The van der Waals surface area contributed by atoms with Crippen LogP contribution in [-0.4, -0.2) is 87.5 Å². The van der Waals surface area contributed by atoms with Crippen LogP contribution >= 0.6 is 0 Å². The lowest BCUT2D eigenvalue weighted by atomic mass is 10.0. The van der Waals surface area contributed by atoms with E-state index in [-0.39, 0.29) is 12.0 Å². The number of morpholine rings is 1. The zero-order chi connectivity index (χ0) is 28.3. The van der Waals surface area contributed by atoms with E-state index in [1.54, 1.807) is 17.0 Å². The second-order valence-corrected chi connectivity index (χ2v) is 10.3. The van der Waals surface area contributed by atoms with Crippen molar-refractivity contribution >= 4 is 22.8 Å². The Bertz CT molecular complexity index is 1580. The summed E-state index contributed by atoms with van der Waals surface area (Å²) in [4.78, 5) is 33.0. The number of aliphatic hydroxyl groups excluding tert-OH is 1. The molecule has 2 aromatic heterocycles. The van der Waals surface area contributed by atoms with Crippen LogP contribution in [0, 0.1) is 11.3 Å². The number of hydrogen-bond donors (Lipinski definition) is 2. The van der Waals surface area contributed by atoms with Crippen LogP contribution in [0.25, 0.3) is 33.8 Å². The monoisotopic (exact) mass is 553 g/mol. The normalized spacial score (nSPS) is 16.9. The highest BCUT2D eigenvalue weighted by Gasteiger charge is 2.26. The SMILES string of the molecule is CC(O)C(=O)N1CCC(Oc2ccc(-c3ncnc4[nH]c(-c5ccc(N6CCOCC6)cc5)nc34)cc2C#N)CC1. The van der Waals surface area contributed by atoms with Crippen molar-refractivity contribution in [3.05, 3.63) is 54.4 Å². The predicted octanol–water partition coefficient (Wildman–Crippen LogP) is 3.15. The van der Waals surface area contributed by atoms with E-state index in [0.29, 0.717) is 59.9 Å². The first-order chi connectivity index (χ1) is 20.0. The number of amides is 1. The summed E-state index contributed by atoms with van der Waals surface area (Å²) in [7, 11) is 0. The molecule has 2 aromatic carbocycles. The summed E-state index contributed by atoms with van der Waals surface area (Å²) in [6, 6.07) is 15.9. The van der Waals surface area contributed by atoms with Crippen LogP contribution in [-0.2, 0) is 9.53 Å². The number of benzene rings is 2. The van der Waals surface area contributed by atoms with Crippen molar-refractivity contribution in [3.8, 4) is 34.5 Å². The third-order valence-corrected chi connectivity index (χ3v) is 7.58. The first-order valence-electron chi connectivity index (χ1n) is 13.8. The van der Waals surface area contributed by atoms with Gasteiger partial charge in [0.1, 0.15) is 47.4 Å². The van der Waals surface area contributed by atoms with Crippen LogP contribution in [0.15, 0.2) is 48.8 Å². The molecule has 1 atom stereocenters. The van der Waals surface area contributed by atoms with Gasteiger partial charge in [-0.2, -0.15) is 5.26 Å². The number of rotatable bonds is 6. The van der Waals surface area contributed by atoms with E-state index in [0.717, 1.165) is 43.1 Å². The van der Waals surface area contributed by atoms with Crippen LogP contribution in [0.4, 0.5) is 5.69 Å². The minimum absolute atomic E-state index is 0.125. The first kappa shape index (κ1) is 26.7. The first-order valence-corrected chi connectivity index (χ1v) is 13.8. The summed E-state index contributed by atoms with van der Waals surface area (Å²) < 4.78 is 11.6. The molecule has 6 rings (SSSR count). The van der Waals surface area contributed by atoms with Crippen molar-refractivity contribution < 1.29 is 19.4 Å². The number of nitriles is 1. The lowest BCUT2D eigenvalue weighted by molar-refractivity contribution is -0.141. The predicted molar refractivity (Wildman–Crippen MR) is 152 cm³/mol. The molecule has 11 nitrogen and oxygen atoms in total. The highest BCUT2D eigenvalue weighted by atomic mass is 16.5. The smallest absolute Gasteiger partial charge is 0.251 e. The zero-order valence-electron chi connectivity index (χ0n) is 22.8. The Hall–Kier alpha value is -4.53. The van der Waals surface area contributed by atoms with Crippen LogP contribution in [0.1, 0.15) is 25.3 Å². The molecule has 0 radical (unpaired) electrons. The standard InChI is InChI=1S/C30H31N7O4/c1-19(38)30(39)37-10-8-24(9-11-37)41-25-7-4-21(16-22(25)17-31)26-27-29(33-18-32-26)35-28(34-27)20-2-5-23(6-3-20)36-12-14-40-15-13-36/h2-7,16,18-19,24,38H,8-15H2,1H3,(H,32,33,34,35). The van der Waals surface area contributed by atoms with Gasteiger partial charge in [0.2, 0.25) is 0 Å². The van der Waals surface area contributed by atoms with Gasteiger partial charge in [-0.05, 0) is 49.4 Å². The molecular weight excluding hydrogens is 522 g/mol. The molecule has 1 unspecified atom stereocenters. The van der Waals surface area contributed by atoms with Gasteiger partial charge >= 0.3 is 0 Å². The van der Waals surface area contributed by atoms with Crippen molar-refractivity contribution in [2.24, 2.45) is 0 Å². The molecule has 41 heavy (non-hydrogen) atoms. The number of carbonyl (C=O) groups is 1.